The van der Waals surface area contributed by atoms with E-state index in [4.69, 9.17) is 10.8 Å². The van der Waals surface area contributed by atoms with Crippen LogP contribution in [0.5, 0.6) is 0 Å². The normalized spacial score (nSPS) is 11.7. The summed E-state index contributed by atoms with van der Waals surface area (Å²) in [6.07, 6.45) is 1.15. The number of rotatable bonds is 26. The van der Waals surface area contributed by atoms with Crippen LogP contribution in [0, 0.1) is 0 Å². The van der Waals surface area contributed by atoms with E-state index in [0.717, 1.165) is 16.7 Å². The Morgan fingerprint density at radius 2 is 1.34 bits per heavy atom. The van der Waals surface area contributed by atoms with Gasteiger partial charge in [0.1, 0.15) is 12.2 Å². The molecule has 5 aromatic carbocycles. The maximum atomic E-state index is 14.1. The number of likely N-dealkylation sites (N-methyl/N-ethyl adjacent to an activating group) is 1. The molecule has 3 amide bonds. The minimum Gasteiger partial charge on any atom is -0.694 e. The molecule has 0 atom stereocenters. The molecule has 2 aromatic heterocycles. The number of aryl methyl sites for hydroxylation is 1. The summed E-state index contributed by atoms with van der Waals surface area (Å²) in [6, 6.07) is 33.5. The van der Waals surface area contributed by atoms with E-state index >= 15 is 0 Å². The number of carboxylic acids is 3. The minimum atomic E-state index is -1.04. The van der Waals surface area contributed by atoms with E-state index in [1.54, 1.807) is 69.1 Å². The van der Waals surface area contributed by atoms with Crippen molar-refractivity contribution >= 4 is 64.1 Å². The number of aliphatic carboxylic acids is 3. The van der Waals surface area contributed by atoms with Gasteiger partial charge in [0.05, 0.1) is 54.6 Å². The second-order valence-electron chi connectivity index (χ2n) is 19.0. The molecule has 7 N–H and O–H groups in total. The summed E-state index contributed by atoms with van der Waals surface area (Å²) >= 11 is 0. The average molecular weight is 1160 g/mol. The molecule has 8 rings (SSSR count). The van der Waals surface area contributed by atoms with Crippen LogP contribution in [0.4, 0.5) is 28.4 Å². The molecule has 1 aliphatic heterocycles. The molecule has 0 radical (unpaired) electrons. The van der Waals surface area contributed by atoms with Crippen molar-refractivity contribution in [1.82, 2.24) is 40.0 Å². The molecular formula is C56H57N12O11Rb. The number of carbonyl (C=O) groups is 6. The van der Waals surface area contributed by atoms with E-state index in [1.807, 2.05) is 60.7 Å². The Morgan fingerprint density at radius 1 is 0.700 bits per heavy atom. The van der Waals surface area contributed by atoms with Crippen LogP contribution in [0.15, 0.2) is 125 Å². The SMILES string of the molecule is CN(CC(=O)O)Cc1cccc(CN(CCN(CCCc2ccc(NC(=O)Cn3nnc4c3-c3ccccc3CN(C(=O)CCNC(=O)c3ccc(Nc5c([NH-])c(=O)c5=O)cc3)c3ccccc3-4)cc2)CC(=O)O)CC(=O)O)n1.[Rb+]. The van der Waals surface area contributed by atoms with E-state index in [1.165, 1.54) is 16.8 Å². The number of nitrogens with one attached hydrogen (secondary N) is 4. The first-order valence-electron chi connectivity index (χ1n) is 25.2. The summed E-state index contributed by atoms with van der Waals surface area (Å²) in [5, 5.41) is 45.9. The monoisotopic (exact) mass is 1160 g/mol. The number of anilines is 4. The predicted molar refractivity (Wildman–Crippen MR) is 293 cm³/mol. The van der Waals surface area contributed by atoms with Gasteiger partial charge in [0.2, 0.25) is 22.7 Å². The fraction of sp³-hybridized carbons (Fsp3) is 0.268. The summed E-state index contributed by atoms with van der Waals surface area (Å²) in [7, 11) is 1.66. The quantitative estimate of drug-likeness (QED) is 0.0421. The van der Waals surface area contributed by atoms with Crippen molar-refractivity contribution < 1.29 is 102 Å². The summed E-state index contributed by atoms with van der Waals surface area (Å²) in [5.41, 5.74) is 12.7. The molecular weight excluding hydrogens is 1100 g/mol. The Morgan fingerprint density at radius 3 is 2.04 bits per heavy atom. The smallest absolute Gasteiger partial charge is 0.694 e. The van der Waals surface area contributed by atoms with Gasteiger partial charge in [-0.05, 0) is 92.2 Å². The van der Waals surface area contributed by atoms with Crippen molar-refractivity contribution in [3.05, 3.63) is 170 Å². The zero-order chi connectivity index (χ0) is 56.2. The Bertz CT molecular complexity index is 3460. The molecule has 7 aromatic rings. The number of para-hydroxylation sites is 1. The molecule has 1 aliphatic rings. The molecule has 0 aliphatic carbocycles. The van der Waals surface area contributed by atoms with Gasteiger partial charge in [0.15, 0.2) is 0 Å². The minimum absolute atomic E-state index is 0. The topological polar surface area (TPSA) is 314 Å². The number of nitrogens with zero attached hydrogens (tertiary/aromatic N) is 8. The summed E-state index contributed by atoms with van der Waals surface area (Å²) in [4.78, 5) is 110. The summed E-state index contributed by atoms with van der Waals surface area (Å²) in [6.45, 7) is 0.747. The Balaban J connectivity index is 0.00000924. The largest absolute Gasteiger partial charge is 1.00 e. The molecule has 0 saturated carbocycles. The third kappa shape index (κ3) is 15.8. The molecule has 0 fully saturated rings. The molecule has 0 bridgehead atoms. The van der Waals surface area contributed by atoms with Gasteiger partial charge in [0, 0.05) is 67.2 Å². The number of pyridine rings is 1. The predicted octanol–water partition coefficient (Wildman–Crippen LogP) is 1.76. The van der Waals surface area contributed by atoms with Gasteiger partial charge in [-0.15, -0.1) is 5.10 Å². The molecule has 0 unspecified atom stereocenters. The number of carboxylic acid groups (broad SMARTS) is 3. The van der Waals surface area contributed by atoms with Crippen LogP contribution in [0.3, 0.4) is 0 Å². The van der Waals surface area contributed by atoms with Gasteiger partial charge in [-0.25, -0.2) is 4.68 Å². The van der Waals surface area contributed by atoms with E-state index in [0.29, 0.717) is 76.9 Å². The van der Waals surface area contributed by atoms with Crippen molar-refractivity contribution in [1.29, 1.82) is 0 Å². The van der Waals surface area contributed by atoms with Crippen molar-refractivity contribution in [2.75, 3.05) is 68.4 Å². The second kappa shape index (κ2) is 28.0. The number of amides is 3. The first kappa shape index (κ1) is 60.0. The fourth-order valence-corrected chi connectivity index (χ4v) is 9.27. The van der Waals surface area contributed by atoms with Crippen molar-refractivity contribution in [2.24, 2.45) is 0 Å². The Hall–Kier alpha value is -7.64. The van der Waals surface area contributed by atoms with Crippen LogP contribution in [-0.2, 0) is 56.6 Å². The Kier molecular flexibility index (Phi) is 21.0. The van der Waals surface area contributed by atoms with Crippen LogP contribution in [0.25, 0.3) is 28.2 Å². The first-order valence-corrected chi connectivity index (χ1v) is 25.2. The maximum Gasteiger partial charge on any atom is 1.00 e. The van der Waals surface area contributed by atoms with Crippen LogP contribution < -0.4 is 89.9 Å². The van der Waals surface area contributed by atoms with E-state index in [9.17, 15) is 48.6 Å². The zero-order valence-electron chi connectivity index (χ0n) is 44.1. The van der Waals surface area contributed by atoms with Crippen LogP contribution in [-0.4, -0.2) is 138 Å². The van der Waals surface area contributed by atoms with Gasteiger partial charge < -0.3 is 41.9 Å². The molecule has 23 nitrogen and oxygen atoms in total. The van der Waals surface area contributed by atoms with Gasteiger partial charge in [-0.2, -0.15) is 0 Å². The van der Waals surface area contributed by atoms with Crippen LogP contribution in [0.2, 0.25) is 0 Å². The third-order valence-corrected chi connectivity index (χ3v) is 13.0. The number of hydrogen-bond donors (Lipinski definition) is 6. The molecule has 0 spiro atoms. The van der Waals surface area contributed by atoms with Crippen molar-refractivity contribution in [3.63, 3.8) is 0 Å². The standard InChI is InChI=1S/C56H58N12O11.Rb/c1-64(32-47(71)72)29-40-10-6-11-41(59-40)30-66(34-49(75)76)27-26-65(33-48(73)74)25-7-8-35-15-19-38(20-16-35)60-45(69)31-68-53-42-12-3-2-9-37(42)28-67(44-14-5-4-13-43(44)51(53)62-63-68)46(70)23-24-58-56(79)36-17-21-39(22-18-36)61-52-50(57)54(77)55(52)78;/h2-6,9-22H,7-8,23-34H2,1H3,(H8,57,58,60,61,62,63,69,71,72,73,74,75,76,77,78,79);/q;+1/p-1. The number of aromatic nitrogens is 4. The third-order valence-electron chi connectivity index (χ3n) is 13.0. The van der Waals surface area contributed by atoms with Crippen LogP contribution in [0.1, 0.15) is 45.7 Å². The van der Waals surface area contributed by atoms with Gasteiger partial charge in [0.25, 0.3) is 5.91 Å². The molecule has 80 heavy (non-hydrogen) atoms. The Labute approximate surface area is 507 Å². The first-order chi connectivity index (χ1) is 38.0. The summed E-state index contributed by atoms with van der Waals surface area (Å²) in [5.74, 6) is -4.09. The molecule has 0 saturated heterocycles. The number of carbonyl (C=O) groups excluding carboxylic acids is 3. The van der Waals surface area contributed by atoms with Crippen LogP contribution >= 0.6 is 0 Å². The van der Waals surface area contributed by atoms with E-state index in [-0.39, 0.29) is 141 Å². The summed E-state index contributed by atoms with van der Waals surface area (Å²) < 4.78 is 1.53. The van der Waals surface area contributed by atoms with E-state index in [2.05, 4.69) is 31.2 Å². The number of hydrogen-bond acceptors (Lipinski definition) is 15. The van der Waals surface area contributed by atoms with Gasteiger partial charge in [-0.1, -0.05) is 71.6 Å². The second-order valence-corrected chi connectivity index (χ2v) is 19.0. The number of fused-ring (bicyclic) bond motifs is 5. The average Bonchev–Trinajstić information content (AvgIpc) is 3.82. The zero-order valence-corrected chi connectivity index (χ0v) is 49.0. The molecule has 3 heterocycles. The van der Waals surface area contributed by atoms with E-state index < -0.39 is 40.4 Å². The molecule has 408 valence electrons. The van der Waals surface area contributed by atoms with Gasteiger partial charge in [-0.3, -0.25) is 58.0 Å². The number of benzene rings is 4. The fourth-order valence-electron chi connectivity index (χ4n) is 9.27. The molecule has 24 heteroatoms. The maximum absolute atomic E-state index is 14.1. The van der Waals surface area contributed by atoms with Crippen molar-refractivity contribution in [2.45, 2.75) is 45.4 Å². The van der Waals surface area contributed by atoms with Gasteiger partial charge >= 0.3 is 76.1 Å². The van der Waals surface area contributed by atoms with Crippen molar-refractivity contribution in [3.8, 4) is 22.5 Å².